The number of aryl methyl sites for hydroxylation is 2. The lowest BCUT2D eigenvalue weighted by molar-refractivity contribution is -0.226. The van der Waals surface area contributed by atoms with Crippen molar-refractivity contribution in [2.75, 3.05) is 11.9 Å². The number of hydrogen-bond acceptors (Lipinski definition) is 10. The molecule has 5 aromatic rings. The summed E-state index contributed by atoms with van der Waals surface area (Å²) in [6, 6.07) is 22.1. The summed E-state index contributed by atoms with van der Waals surface area (Å²) in [6.07, 6.45) is -5.43. The Morgan fingerprint density at radius 2 is 1.72 bits per heavy atom. The molecule has 6 atom stereocenters. The van der Waals surface area contributed by atoms with E-state index in [1.54, 1.807) is 47.9 Å². The Morgan fingerprint density at radius 3 is 2.53 bits per heavy atom. The first-order chi connectivity index (χ1) is 22.6. The Labute approximate surface area is 268 Å². The lowest BCUT2D eigenvalue weighted by Crippen LogP contribution is -2.44. The number of ether oxygens (including phenoxy) is 2. The highest BCUT2D eigenvalue weighted by Gasteiger charge is 2.64. The number of aliphatic hydroxyl groups is 4. The van der Waals surface area contributed by atoms with Crippen molar-refractivity contribution in [1.29, 1.82) is 0 Å². The van der Waals surface area contributed by atoms with Gasteiger partial charge in [0, 0.05) is 5.69 Å². The molecule has 0 bridgehead atoms. The second kappa shape index (κ2) is 11.9. The number of aromatic nitrogens is 4. The van der Waals surface area contributed by atoms with Crippen molar-refractivity contribution >= 4 is 22.8 Å². The molecular formula is C34H33F2N5O6. The van der Waals surface area contributed by atoms with Crippen LogP contribution in [0, 0.1) is 6.92 Å². The fourth-order valence-corrected chi connectivity index (χ4v) is 6.36. The zero-order valence-corrected chi connectivity index (χ0v) is 25.2. The van der Waals surface area contributed by atoms with Gasteiger partial charge in [0.15, 0.2) is 17.5 Å². The van der Waals surface area contributed by atoms with Gasteiger partial charge in [0.05, 0.1) is 12.0 Å². The number of nitrogens with one attached hydrogen (secondary N) is 1. The van der Waals surface area contributed by atoms with Gasteiger partial charge in [-0.15, -0.1) is 0 Å². The molecule has 7 rings (SSSR count). The van der Waals surface area contributed by atoms with Crippen molar-refractivity contribution in [1.82, 2.24) is 19.5 Å². The number of imidazole rings is 1. The summed E-state index contributed by atoms with van der Waals surface area (Å²) in [4.78, 5) is 13.5. The largest absolute Gasteiger partial charge is 0.491 e. The summed E-state index contributed by atoms with van der Waals surface area (Å²) in [6.45, 7) is 1.67. The highest BCUT2D eigenvalue weighted by molar-refractivity contribution is 5.75. The first-order valence-corrected chi connectivity index (χ1v) is 15.2. The number of aliphatic hydroxyl groups excluding tert-OH is 3. The molecule has 2 aliphatic rings. The molecule has 2 aromatic heterocycles. The van der Waals surface area contributed by atoms with Crippen molar-refractivity contribution in [3.05, 3.63) is 108 Å². The highest BCUT2D eigenvalue weighted by Crippen LogP contribution is 2.56. The fourth-order valence-electron chi connectivity index (χ4n) is 6.36. The molecule has 1 aliphatic carbocycles. The van der Waals surface area contributed by atoms with E-state index >= 15 is 8.78 Å². The summed E-state index contributed by atoms with van der Waals surface area (Å²) in [7, 11) is 0. The second-order valence-electron chi connectivity index (χ2n) is 11.9. The Morgan fingerprint density at radius 1 is 0.957 bits per heavy atom. The number of alkyl halides is 2. The average Bonchev–Trinajstić information content (AvgIpc) is 3.66. The normalized spacial score (nSPS) is 26.4. The van der Waals surface area contributed by atoms with Crippen LogP contribution in [0.3, 0.4) is 0 Å². The van der Waals surface area contributed by atoms with E-state index in [-0.39, 0.29) is 30.6 Å². The zero-order chi connectivity index (χ0) is 32.9. The maximum atomic E-state index is 15.1. The van der Waals surface area contributed by atoms with Gasteiger partial charge in [-0.3, -0.25) is 4.57 Å². The van der Waals surface area contributed by atoms with Gasteiger partial charge >= 0.3 is 5.92 Å². The van der Waals surface area contributed by atoms with Crippen LogP contribution in [0.25, 0.3) is 11.2 Å². The molecular weight excluding hydrogens is 612 g/mol. The maximum Gasteiger partial charge on any atom is 0.309 e. The molecule has 0 spiro atoms. The molecule has 3 aromatic carbocycles. The first-order valence-electron chi connectivity index (χ1n) is 15.2. The lowest BCUT2D eigenvalue weighted by Gasteiger charge is -2.32. The third kappa shape index (κ3) is 5.39. The minimum Gasteiger partial charge on any atom is -0.491 e. The number of para-hydroxylation sites is 1. The number of anilines is 2. The van der Waals surface area contributed by atoms with Gasteiger partial charge in [0.1, 0.15) is 42.3 Å². The third-order valence-electron chi connectivity index (χ3n) is 8.92. The van der Waals surface area contributed by atoms with E-state index in [0.29, 0.717) is 34.1 Å². The molecule has 5 N–H and O–H groups in total. The Balaban J connectivity index is 1.03. The van der Waals surface area contributed by atoms with Gasteiger partial charge in [0.2, 0.25) is 5.95 Å². The lowest BCUT2D eigenvalue weighted by atomic mass is 9.86. The monoisotopic (exact) mass is 645 g/mol. The van der Waals surface area contributed by atoms with E-state index in [1.807, 2.05) is 30.3 Å². The number of rotatable bonds is 9. The summed E-state index contributed by atoms with van der Waals surface area (Å²) in [5, 5.41) is 46.3. The van der Waals surface area contributed by atoms with Crippen molar-refractivity contribution in [3.8, 4) is 5.75 Å². The van der Waals surface area contributed by atoms with E-state index in [1.165, 1.54) is 18.5 Å². The van der Waals surface area contributed by atoms with E-state index in [4.69, 9.17) is 9.47 Å². The quantitative estimate of drug-likeness (QED) is 0.158. The molecule has 13 heteroatoms. The predicted molar refractivity (Wildman–Crippen MR) is 166 cm³/mol. The van der Waals surface area contributed by atoms with Gasteiger partial charge in [-0.1, -0.05) is 54.6 Å². The van der Waals surface area contributed by atoms with Crippen LogP contribution < -0.4 is 10.1 Å². The Hall–Kier alpha value is -4.53. The van der Waals surface area contributed by atoms with E-state index in [2.05, 4.69) is 20.3 Å². The molecule has 1 fully saturated rings. The van der Waals surface area contributed by atoms with Gasteiger partial charge in [-0.05, 0) is 60.7 Å². The third-order valence-corrected chi connectivity index (χ3v) is 8.92. The minimum absolute atomic E-state index is 0.0151. The molecule has 2 unspecified atom stereocenters. The van der Waals surface area contributed by atoms with Crippen LogP contribution in [-0.2, 0) is 16.8 Å². The predicted octanol–water partition coefficient (Wildman–Crippen LogP) is 4.08. The number of hydrogen-bond donors (Lipinski definition) is 5. The smallest absolute Gasteiger partial charge is 0.309 e. The Bertz CT molecular complexity index is 1910. The molecule has 47 heavy (non-hydrogen) atoms. The highest BCUT2D eigenvalue weighted by atomic mass is 19.3. The summed E-state index contributed by atoms with van der Waals surface area (Å²) in [5.74, 6) is -3.04. The van der Waals surface area contributed by atoms with Gasteiger partial charge in [-0.25, -0.2) is 9.97 Å². The number of halogens is 2. The van der Waals surface area contributed by atoms with Crippen molar-refractivity contribution in [3.63, 3.8) is 0 Å². The van der Waals surface area contributed by atoms with Crippen LogP contribution >= 0.6 is 0 Å². The van der Waals surface area contributed by atoms with Gasteiger partial charge < -0.3 is 35.2 Å². The molecule has 0 radical (unpaired) electrons. The maximum absolute atomic E-state index is 15.1. The van der Waals surface area contributed by atoms with Crippen LogP contribution in [0.1, 0.15) is 41.1 Å². The first kappa shape index (κ1) is 31.1. The van der Waals surface area contributed by atoms with Crippen molar-refractivity contribution in [2.24, 2.45) is 0 Å². The molecule has 1 saturated heterocycles. The molecule has 11 nitrogen and oxygen atoms in total. The van der Waals surface area contributed by atoms with Crippen molar-refractivity contribution in [2.45, 2.75) is 61.9 Å². The zero-order valence-electron chi connectivity index (χ0n) is 25.2. The SMILES string of the molecule is Cc1nc(Nc2ccccc2)nc2c1ncn2[C@@H]1O[C@H](COc2cccc(CCC3(O)c4ccccc4C(O)C3(F)F)c2)[C@@H](O)[C@H]1O. The molecule has 244 valence electrons. The summed E-state index contributed by atoms with van der Waals surface area (Å²) >= 11 is 0. The number of nitrogens with zero attached hydrogens (tertiary/aromatic N) is 4. The molecule has 3 heterocycles. The van der Waals surface area contributed by atoms with Crippen molar-refractivity contribution < 1.29 is 38.7 Å². The standard InChI is InChI=1S/C34H33F2N5O6/c1-19-26-30(40-32(38-19)39-21-9-3-2-4-10-21)41(18-37-26)31-28(43)27(42)25(47-31)17-46-22-11-7-8-20(16-22)14-15-33(45)24-13-6-5-12-23(24)29(44)34(33,35)36/h2-13,16,18,25,27-29,31,42-45H,14-15,17H2,1H3,(H,38,39,40)/t25-,27-,28-,29?,31-,33?/m1/s1. The van der Waals surface area contributed by atoms with Crippen LogP contribution in [0.15, 0.2) is 85.2 Å². The topological polar surface area (TPSA) is 155 Å². The van der Waals surface area contributed by atoms with Crippen LogP contribution in [0.2, 0.25) is 0 Å². The van der Waals surface area contributed by atoms with Crippen LogP contribution in [0.4, 0.5) is 20.4 Å². The molecule has 0 amide bonds. The van der Waals surface area contributed by atoms with E-state index < -0.39 is 42.2 Å². The van der Waals surface area contributed by atoms with Crippen LogP contribution in [0.5, 0.6) is 5.75 Å². The van der Waals surface area contributed by atoms with E-state index in [0.717, 1.165) is 5.69 Å². The Kier molecular flexibility index (Phi) is 7.89. The number of benzene rings is 3. The van der Waals surface area contributed by atoms with Gasteiger partial charge in [-0.2, -0.15) is 13.8 Å². The fraction of sp³-hybridized carbons (Fsp3) is 0.324. The molecule has 1 aliphatic heterocycles. The van der Waals surface area contributed by atoms with E-state index in [9.17, 15) is 20.4 Å². The molecule has 0 saturated carbocycles. The minimum atomic E-state index is -3.76. The second-order valence-corrected chi connectivity index (χ2v) is 11.9. The van der Waals surface area contributed by atoms with Crippen LogP contribution in [-0.4, -0.2) is 70.8 Å². The average molecular weight is 646 g/mol. The summed E-state index contributed by atoms with van der Waals surface area (Å²) in [5.41, 5.74) is 0.453. The summed E-state index contributed by atoms with van der Waals surface area (Å²) < 4.78 is 43.7. The number of fused-ring (bicyclic) bond motifs is 2. The van der Waals surface area contributed by atoms with Gasteiger partial charge in [0.25, 0.3) is 0 Å².